The summed E-state index contributed by atoms with van der Waals surface area (Å²) in [5, 5.41) is 0. The van der Waals surface area contributed by atoms with Crippen molar-refractivity contribution in [2.75, 3.05) is 7.11 Å². The number of hydrogen-bond acceptors (Lipinski definition) is 2. The van der Waals surface area contributed by atoms with Gasteiger partial charge in [-0.1, -0.05) is 12.7 Å². The largest absolute Gasteiger partial charge is 0.497 e. The molecule has 0 bridgehead atoms. The van der Waals surface area contributed by atoms with Crippen LogP contribution in [0, 0.1) is 5.82 Å². The van der Waals surface area contributed by atoms with Gasteiger partial charge in [-0.05, 0) is 48.0 Å². The number of methoxy groups -OCH3 is 1. The van der Waals surface area contributed by atoms with Crippen molar-refractivity contribution in [1.82, 2.24) is 0 Å². The van der Waals surface area contributed by atoms with Crippen molar-refractivity contribution in [3.8, 4) is 5.75 Å². The summed E-state index contributed by atoms with van der Waals surface area (Å²) in [6.07, 6.45) is 3.30. The Balaban J connectivity index is 2.24. The van der Waals surface area contributed by atoms with Crippen LogP contribution in [0.1, 0.15) is 11.1 Å². The second kappa shape index (κ2) is 5.96. The van der Waals surface area contributed by atoms with Gasteiger partial charge in [0.1, 0.15) is 11.6 Å². The van der Waals surface area contributed by atoms with Crippen LogP contribution in [0.3, 0.4) is 0 Å². The van der Waals surface area contributed by atoms with Gasteiger partial charge in [-0.15, -0.1) is 0 Å². The van der Waals surface area contributed by atoms with Crippen LogP contribution in [-0.4, -0.2) is 13.3 Å². The summed E-state index contributed by atoms with van der Waals surface area (Å²) in [4.78, 5) is 4.34. The molecule has 0 aromatic heterocycles. The third kappa shape index (κ3) is 3.28. The van der Waals surface area contributed by atoms with Crippen molar-refractivity contribution < 1.29 is 9.13 Å². The Morgan fingerprint density at radius 2 is 1.84 bits per heavy atom. The highest BCUT2D eigenvalue weighted by Crippen LogP contribution is 2.18. The molecule has 0 aliphatic carbocycles. The number of nitrogens with zero attached hydrogens (tertiary/aromatic N) is 1. The molecule has 96 valence electrons. The molecule has 0 amide bonds. The highest BCUT2D eigenvalue weighted by Gasteiger charge is 1.98. The first-order chi connectivity index (χ1) is 9.22. The molecule has 19 heavy (non-hydrogen) atoms. The van der Waals surface area contributed by atoms with Gasteiger partial charge in [-0.2, -0.15) is 0 Å². The first-order valence-electron chi connectivity index (χ1n) is 5.83. The van der Waals surface area contributed by atoms with E-state index in [2.05, 4.69) is 11.6 Å². The normalized spacial score (nSPS) is 10.6. The maximum atomic E-state index is 13.1. The Morgan fingerprint density at radius 1 is 1.11 bits per heavy atom. The van der Waals surface area contributed by atoms with Gasteiger partial charge < -0.3 is 4.74 Å². The maximum absolute atomic E-state index is 13.1. The standard InChI is InChI=1S/C16H14FNO/c1-3-12-10-14(17)5-4-13(12)11-18-15-6-8-16(19-2)9-7-15/h3-11H,1H2,2H3. The Bertz CT molecular complexity index is 603. The summed E-state index contributed by atoms with van der Waals surface area (Å²) in [6.45, 7) is 3.67. The van der Waals surface area contributed by atoms with Crippen LogP contribution in [0.5, 0.6) is 5.75 Å². The Morgan fingerprint density at radius 3 is 2.47 bits per heavy atom. The minimum Gasteiger partial charge on any atom is -0.497 e. The monoisotopic (exact) mass is 255 g/mol. The zero-order valence-electron chi connectivity index (χ0n) is 10.6. The van der Waals surface area contributed by atoms with Gasteiger partial charge in [0.2, 0.25) is 0 Å². The van der Waals surface area contributed by atoms with Crippen molar-refractivity contribution in [2.24, 2.45) is 4.99 Å². The van der Waals surface area contributed by atoms with E-state index in [1.54, 1.807) is 25.5 Å². The molecular weight excluding hydrogens is 241 g/mol. The topological polar surface area (TPSA) is 21.6 Å². The highest BCUT2D eigenvalue weighted by atomic mass is 19.1. The van der Waals surface area contributed by atoms with Gasteiger partial charge in [-0.25, -0.2) is 4.39 Å². The van der Waals surface area contributed by atoms with Gasteiger partial charge in [-0.3, -0.25) is 4.99 Å². The summed E-state index contributed by atoms with van der Waals surface area (Å²) in [5.41, 5.74) is 2.35. The van der Waals surface area contributed by atoms with Crippen LogP contribution in [-0.2, 0) is 0 Å². The Labute approximate surface area is 111 Å². The molecule has 0 fully saturated rings. The number of hydrogen-bond donors (Lipinski definition) is 0. The molecule has 0 unspecified atom stereocenters. The van der Waals surface area contributed by atoms with Gasteiger partial charge in [0.05, 0.1) is 12.8 Å². The van der Waals surface area contributed by atoms with Gasteiger partial charge in [0.25, 0.3) is 0 Å². The summed E-state index contributed by atoms with van der Waals surface area (Å²) in [5.74, 6) is 0.504. The molecule has 0 saturated carbocycles. The lowest BCUT2D eigenvalue weighted by Gasteiger charge is -2.01. The van der Waals surface area contributed by atoms with Crippen molar-refractivity contribution in [3.63, 3.8) is 0 Å². The molecule has 0 saturated heterocycles. The zero-order valence-corrected chi connectivity index (χ0v) is 10.6. The fraction of sp³-hybridized carbons (Fsp3) is 0.0625. The fourth-order valence-electron chi connectivity index (χ4n) is 1.65. The summed E-state index contributed by atoms with van der Waals surface area (Å²) in [6, 6.07) is 11.9. The summed E-state index contributed by atoms with van der Waals surface area (Å²) in [7, 11) is 1.62. The number of ether oxygens (including phenoxy) is 1. The van der Waals surface area contributed by atoms with E-state index in [-0.39, 0.29) is 5.82 Å². The minimum atomic E-state index is -0.281. The van der Waals surface area contributed by atoms with Crippen LogP contribution < -0.4 is 4.74 Å². The smallest absolute Gasteiger partial charge is 0.123 e. The first kappa shape index (κ1) is 13.0. The lowest BCUT2D eigenvalue weighted by molar-refractivity contribution is 0.415. The number of halogens is 1. The molecule has 2 rings (SSSR count). The average Bonchev–Trinajstić information content (AvgIpc) is 2.46. The predicted octanol–water partition coefficient (Wildman–Crippen LogP) is 4.23. The summed E-state index contributed by atoms with van der Waals surface area (Å²) >= 11 is 0. The SMILES string of the molecule is C=Cc1cc(F)ccc1C=Nc1ccc(OC)cc1. The molecule has 2 nitrogen and oxygen atoms in total. The molecule has 0 N–H and O–H groups in total. The van der Waals surface area contributed by atoms with E-state index >= 15 is 0 Å². The van der Waals surface area contributed by atoms with Crippen molar-refractivity contribution >= 4 is 18.0 Å². The van der Waals surface area contributed by atoms with Crippen LogP contribution in [0.2, 0.25) is 0 Å². The van der Waals surface area contributed by atoms with Crippen molar-refractivity contribution in [3.05, 3.63) is 66.0 Å². The van der Waals surface area contributed by atoms with E-state index in [1.807, 2.05) is 24.3 Å². The zero-order chi connectivity index (χ0) is 13.7. The van der Waals surface area contributed by atoms with Crippen LogP contribution in [0.25, 0.3) is 6.08 Å². The van der Waals surface area contributed by atoms with E-state index in [1.165, 1.54) is 12.1 Å². The molecule has 0 radical (unpaired) electrons. The first-order valence-corrected chi connectivity index (χ1v) is 5.83. The third-order valence-corrected chi connectivity index (χ3v) is 2.69. The molecule has 2 aromatic carbocycles. The Hall–Kier alpha value is -2.42. The van der Waals surface area contributed by atoms with E-state index in [0.29, 0.717) is 0 Å². The van der Waals surface area contributed by atoms with E-state index < -0.39 is 0 Å². The maximum Gasteiger partial charge on any atom is 0.123 e. The quantitative estimate of drug-likeness (QED) is 0.749. The lowest BCUT2D eigenvalue weighted by atomic mass is 10.1. The molecule has 0 spiro atoms. The van der Waals surface area contributed by atoms with Gasteiger partial charge in [0, 0.05) is 11.8 Å². The second-order valence-corrected chi connectivity index (χ2v) is 3.93. The predicted molar refractivity (Wildman–Crippen MR) is 76.7 cm³/mol. The molecule has 3 heteroatoms. The third-order valence-electron chi connectivity index (χ3n) is 2.69. The van der Waals surface area contributed by atoms with Crippen LogP contribution >= 0.6 is 0 Å². The molecule has 0 atom stereocenters. The number of aliphatic imine (C=N–C) groups is 1. The lowest BCUT2D eigenvalue weighted by Crippen LogP contribution is -1.88. The summed E-state index contributed by atoms with van der Waals surface area (Å²) < 4.78 is 18.1. The number of benzene rings is 2. The fourth-order valence-corrected chi connectivity index (χ4v) is 1.65. The van der Waals surface area contributed by atoms with Crippen LogP contribution in [0.15, 0.2) is 54.0 Å². The molecule has 2 aromatic rings. The highest BCUT2D eigenvalue weighted by molar-refractivity contribution is 5.86. The Kier molecular flexibility index (Phi) is 4.08. The molecule has 0 aliphatic rings. The van der Waals surface area contributed by atoms with E-state index in [0.717, 1.165) is 22.6 Å². The molecular formula is C16H14FNO. The minimum absolute atomic E-state index is 0.281. The van der Waals surface area contributed by atoms with Crippen molar-refractivity contribution in [2.45, 2.75) is 0 Å². The average molecular weight is 255 g/mol. The number of rotatable bonds is 4. The van der Waals surface area contributed by atoms with Crippen LogP contribution in [0.4, 0.5) is 10.1 Å². The van der Waals surface area contributed by atoms with Gasteiger partial charge in [0.15, 0.2) is 0 Å². The van der Waals surface area contributed by atoms with E-state index in [9.17, 15) is 4.39 Å². The molecule has 0 heterocycles. The second-order valence-electron chi connectivity index (χ2n) is 3.93. The molecule has 0 aliphatic heterocycles. The van der Waals surface area contributed by atoms with Gasteiger partial charge >= 0.3 is 0 Å². The van der Waals surface area contributed by atoms with Crippen molar-refractivity contribution in [1.29, 1.82) is 0 Å². The van der Waals surface area contributed by atoms with E-state index in [4.69, 9.17) is 4.74 Å².